The number of hydrogen-bond acceptors (Lipinski definition) is 5. The summed E-state index contributed by atoms with van der Waals surface area (Å²) in [7, 11) is 0. The summed E-state index contributed by atoms with van der Waals surface area (Å²) in [5.74, 6) is -0.789. The fraction of sp³-hybridized carbons (Fsp3) is 0.200. The molecule has 3 amide bonds. The Morgan fingerprint density at radius 1 is 1.06 bits per heavy atom. The Hall–Kier alpha value is -3.98. The molecule has 0 saturated heterocycles. The molecule has 4 N–H and O–H groups in total. The summed E-state index contributed by atoms with van der Waals surface area (Å²) in [6.07, 6.45) is 2.09. The molecule has 0 fully saturated rings. The van der Waals surface area contributed by atoms with E-state index < -0.39 is 6.04 Å². The number of anilines is 1. The Balaban J connectivity index is 1.35. The highest BCUT2D eigenvalue weighted by Crippen LogP contribution is 2.23. The first-order valence-corrected chi connectivity index (χ1v) is 11.7. The smallest absolute Gasteiger partial charge is 0.265 e. The van der Waals surface area contributed by atoms with Crippen LogP contribution in [0, 0.1) is 6.92 Å². The van der Waals surface area contributed by atoms with Crippen molar-refractivity contribution in [2.45, 2.75) is 32.9 Å². The number of carbonyl (C=O) groups is 3. The van der Waals surface area contributed by atoms with E-state index in [0.29, 0.717) is 16.9 Å². The molecule has 2 aromatic heterocycles. The van der Waals surface area contributed by atoms with Gasteiger partial charge in [0.25, 0.3) is 11.8 Å². The molecule has 4 aromatic rings. The molecule has 0 saturated carbocycles. The Morgan fingerprint density at radius 2 is 1.85 bits per heavy atom. The van der Waals surface area contributed by atoms with Crippen LogP contribution in [0.5, 0.6) is 0 Å². The standard InChI is InChI=1S/C25H25N5O3S/c1-3-20(29-23(31)16-9-10-21-18(11-16)14-27-30-21)24(32)26-13-17-12-22(34-15(17)2)25(33)28-19-7-5-4-6-8-19/h4-12,14,20H,3,13H2,1-2H3,(H,26,32)(H,27,30)(H,28,33)(H,29,31). The molecule has 1 atom stereocenters. The number of aromatic amines is 1. The van der Waals surface area contributed by atoms with Gasteiger partial charge in [-0.3, -0.25) is 19.5 Å². The minimum atomic E-state index is -0.674. The van der Waals surface area contributed by atoms with Crippen LogP contribution in [0.4, 0.5) is 5.69 Å². The number of benzene rings is 2. The van der Waals surface area contributed by atoms with Crippen LogP contribution in [0.15, 0.2) is 60.8 Å². The lowest BCUT2D eigenvalue weighted by molar-refractivity contribution is -0.123. The van der Waals surface area contributed by atoms with E-state index in [1.165, 1.54) is 11.3 Å². The van der Waals surface area contributed by atoms with E-state index in [4.69, 9.17) is 0 Å². The molecule has 0 aliphatic carbocycles. The van der Waals surface area contributed by atoms with Gasteiger partial charge in [0.1, 0.15) is 6.04 Å². The van der Waals surface area contributed by atoms with Gasteiger partial charge in [0, 0.05) is 28.1 Å². The average molecular weight is 476 g/mol. The molecule has 9 heteroatoms. The first kappa shape index (κ1) is 23.2. The number of para-hydroxylation sites is 1. The summed E-state index contributed by atoms with van der Waals surface area (Å²) >= 11 is 1.38. The molecule has 2 aromatic carbocycles. The molecule has 0 aliphatic heterocycles. The number of nitrogens with zero attached hydrogens (tertiary/aromatic N) is 1. The number of aryl methyl sites for hydroxylation is 1. The number of nitrogens with one attached hydrogen (secondary N) is 4. The van der Waals surface area contributed by atoms with Crippen molar-refractivity contribution in [3.63, 3.8) is 0 Å². The van der Waals surface area contributed by atoms with Gasteiger partial charge in [0.15, 0.2) is 0 Å². The predicted octanol–water partition coefficient (Wildman–Crippen LogP) is 4.01. The maximum Gasteiger partial charge on any atom is 0.265 e. The molecule has 0 spiro atoms. The molecular weight excluding hydrogens is 450 g/mol. The fourth-order valence-electron chi connectivity index (χ4n) is 3.51. The quantitative estimate of drug-likeness (QED) is 0.308. The fourth-order valence-corrected chi connectivity index (χ4v) is 4.44. The van der Waals surface area contributed by atoms with Gasteiger partial charge in [-0.25, -0.2) is 0 Å². The van der Waals surface area contributed by atoms with Crippen LogP contribution in [0.3, 0.4) is 0 Å². The van der Waals surface area contributed by atoms with Gasteiger partial charge < -0.3 is 16.0 Å². The summed E-state index contributed by atoms with van der Waals surface area (Å²) in [6.45, 7) is 4.02. The SMILES string of the molecule is CCC(NC(=O)c1ccc2[nH]ncc2c1)C(=O)NCc1cc(C(=O)Nc2ccccc2)sc1C. The van der Waals surface area contributed by atoms with E-state index in [1.54, 1.807) is 30.5 Å². The van der Waals surface area contributed by atoms with Crippen LogP contribution in [0.25, 0.3) is 10.9 Å². The van der Waals surface area contributed by atoms with Crippen LogP contribution in [-0.2, 0) is 11.3 Å². The first-order valence-electron chi connectivity index (χ1n) is 10.9. The Morgan fingerprint density at radius 3 is 2.62 bits per heavy atom. The van der Waals surface area contributed by atoms with Gasteiger partial charge in [-0.2, -0.15) is 5.10 Å². The maximum absolute atomic E-state index is 12.8. The zero-order valence-corrected chi connectivity index (χ0v) is 19.7. The van der Waals surface area contributed by atoms with Crippen molar-refractivity contribution < 1.29 is 14.4 Å². The zero-order chi connectivity index (χ0) is 24.1. The summed E-state index contributed by atoms with van der Waals surface area (Å²) in [5.41, 5.74) is 2.89. The second-order valence-electron chi connectivity index (χ2n) is 7.84. The second kappa shape index (κ2) is 10.3. The predicted molar refractivity (Wildman–Crippen MR) is 133 cm³/mol. The number of H-pyrrole nitrogens is 1. The largest absolute Gasteiger partial charge is 0.350 e. The van der Waals surface area contributed by atoms with E-state index in [-0.39, 0.29) is 24.3 Å². The normalized spacial score (nSPS) is 11.7. The lowest BCUT2D eigenvalue weighted by Gasteiger charge is -2.17. The minimum Gasteiger partial charge on any atom is -0.350 e. The van der Waals surface area contributed by atoms with Crippen molar-refractivity contribution in [2.24, 2.45) is 0 Å². The molecule has 0 radical (unpaired) electrons. The molecule has 174 valence electrons. The van der Waals surface area contributed by atoms with Crippen molar-refractivity contribution in [1.29, 1.82) is 0 Å². The molecule has 4 rings (SSSR count). The van der Waals surface area contributed by atoms with Crippen LogP contribution in [-0.4, -0.2) is 34.0 Å². The molecular formula is C25H25N5O3S. The van der Waals surface area contributed by atoms with Crippen molar-refractivity contribution >= 4 is 45.6 Å². The second-order valence-corrected chi connectivity index (χ2v) is 9.09. The lowest BCUT2D eigenvalue weighted by atomic mass is 10.1. The van der Waals surface area contributed by atoms with Crippen molar-refractivity contribution in [3.8, 4) is 0 Å². The summed E-state index contributed by atoms with van der Waals surface area (Å²) in [4.78, 5) is 39.5. The Kier molecular flexibility index (Phi) is 7.03. The highest BCUT2D eigenvalue weighted by molar-refractivity contribution is 7.14. The highest BCUT2D eigenvalue weighted by Gasteiger charge is 2.21. The monoisotopic (exact) mass is 475 g/mol. The topological polar surface area (TPSA) is 116 Å². The van der Waals surface area contributed by atoms with Crippen LogP contribution in [0.1, 0.15) is 43.8 Å². The average Bonchev–Trinajstić information content (AvgIpc) is 3.47. The number of thiophene rings is 1. The highest BCUT2D eigenvalue weighted by atomic mass is 32.1. The number of fused-ring (bicyclic) bond motifs is 1. The summed E-state index contributed by atoms with van der Waals surface area (Å²) in [6, 6.07) is 15.6. The van der Waals surface area contributed by atoms with Crippen molar-refractivity contribution in [3.05, 3.63) is 81.7 Å². The van der Waals surface area contributed by atoms with Crippen molar-refractivity contribution in [2.75, 3.05) is 5.32 Å². The van der Waals surface area contributed by atoms with E-state index in [9.17, 15) is 14.4 Å². The molecule has 8 nitrogen and oxygen atoms in total. The molecule has 0 aliphatic rings. The van der Waals surface area contributed by atoms with Gasteiger partial charge in [0.2, 0.25) is 5.91 Å². The number of amides is 3. The Bertz CT molecular complexity index is 1330. The lowest BCUT2D eigenvalue weighted by Crippen LogP contribution is -2.46. The third kappa shape index (κ3) is 5.32. The van der Waals surface area contributed by atoms with E-state index in [1.807, 2.05) is 44.2 Å². The number of rotatable bonds is 8. The summed E-state index contributed by atoms with van der Waals surface area (Å²) < 4.78 is 0. The van der Waals surface area contributed by atoms with E-state index >= 15 is 0 Å². The third-order valence-corrected chi connectivity index (χ3v) is 6.55. The van der Waals surface area contributed by atoms with Gasteiger partial charge in [-0.15, -0.1) is 11.3 Å². The maximum atomic E-state index is 12.8. The minimum absolute atomic E-state index is 0.190. The van der Waals surface area contributed by atoms with Crippen LogP contribution < -0.4 is 16.0 Å². The van der Waals surface area contributed by atoms with Gasteiger partial charge in [-0.1, -0.05) is 25.1 Å². The van der Waals surface area contributed by atoms with E-state index in [2.05, 4.69) is 26.1 Å². The number of carbonyl (C=O) groups excluding carboxylic acids is 3. The molecule has 2 heterocycles. The summed E-state index contributed by atoms with van der Waals surface area (Å²) in [5, 5.41) is 16.2. The zero-order valence-electron chi connectivity index (χ0n) is 18.8. The first-order chi connectivity index (χ1) is 16.4. The van der Waals surface area contributed by atoms with E-state index in [0.717, 1.165) is 27.0 Å². The molecule has 1 unspecified atom stereocenters. The van der Waals surface area contributed by atoms with Crippen LogP contribution in [0.2, 0.25) is 0 Å². The Labute approximate surface area is 200 Å². The van der Waals surface area contributed by atoms with Crippen LogP contribution >= 0.6 is 11.3 Å². The van der Waals surface area contributed by atoms with Gasteiger partial charge in [-0.05, 0) is 55.3 Å². The van der Waals surface area contributed by atoms with Gasteiger partial charge in [0.05, 0.1) is 16.6 Å². The number of hydrogen-bond donors (Lipinski definition) is 4. The van der Waals surface area contributed by atoms with Crippen molar-refractivity contribution in [1.82, 2.24) is 20.8 Å². The molecule has 34 heavy (non-hydrogen) atoms. The molecule has 0 bridgehead atoms. The van der Waals surface area contributed by atoms with Gasteiger partial charge >= 0.3 is 0 Å². The third-order valence-electron chi connectivity index (χ3n) is 5.46. The number of aromatic nitrogens is 2.